The fourth-order valence-corrected chi connectivity index (χ4v) is 2.21. The minimum atomic E-state index is -0.800. The third-order valence-electron chi connectivity index (χ3n) is 2.77. The number of nitro groups is 2. The molecule has 10 nitrogen and oxygen atoms in total. The third kappa shape index (κ3) is 3.81. The number of nitrogens with two attached hydrogens (primary N) is 1. The number of nitrogens with zero attached hydrogens (tertiary/aromatic N) is 5. The molecule has 0 unspecified atom stereocenters. The van der Waals surface area contributed by atoms with E-state index in [0.29, 0.717) is 23.1 Å². The number of nitro benzene ring substituents is 2. The molecule has 0 amide bonds. The molecule has 0 aliphatic carbocycles. The van der Waals surface area contributed by atoms with Crippen LogP contribution in [0.4, 0.5) is 28.4 Å². The Bertz CT molecular complexity index is 875. The second-order valence-corrected chi connectivity index (χ2v) is 5.13. The molecular formula is C13H8N6O4S. The summed E-state index contributed by atoms with van der Waals surface area (Å²) in [5.74, 6) is 0. The van der Waals surface area contributed by atoms with Gasteiger partial charge in [0.1, 0.15) is 10.3 Å². The molecule has 0 atom stereocenters. The Balaban J connectivity index is 2.52. The van der Waals surface area contributed by atoms with Gasteiger partial charge in [-0.05, 0) is 42.1 Å². The van der Waals surface area contributed by atoms with Crippen molar-refractivity contribution >= 4 is 40.2 Å². The van der Waals surface area contributed by atoms with Crippen LogP contribution in [-0.4, -0.2) is 9.85 Å². The van der Waals surface area contributed by atoms with E-state index in [1.165, 1.54) is 0 Å². The van der Waals surface area contributed by atoms with Crippen LogP contribution >= 0.6 is 11.8 Å². The molecule has 0 aliphatic rings. The van der Waals surface area contributed by atoms with Gasteiger partial charge in [0.2, 0.25) is 0 Å². The first-order valence-corrected chi connectivity index (χ1v) is 7.04. The van der Waals surface area contributed by atoms with Crippen LogP contribution in [-0.2, 0) is 0 Å². The van der Waals surface area contributed by atoms with Crippen molar-refractivity contribution in [2.75, 3.05) is 5.73 Å². The number of azo groups is 1. The number of rotatable bonds is 5. The number of anilines is 1. The van der Waals surface area contributed by atoms with Crippen molar-refractivity contribution in [2.45, 2.75) is 4.90 Å². The van der Waals surface area contributed by atoms with Gasteiger partial charge in [0.25, 0.3) is 5.69 Å². The Labute approximate surface area is 138 Å². The summed E-state index contributed by atoms with van der Waals surface area (Å²) in [5, 5.41) is 40.1. The number of thioether (sulfide) groups is 1. The summed E-state index contributed by atoms with van der Waals surface area (Å²) in [6.07, 6.45) is 0. The van der Waals surface area contributed by atoms with Crippen molar-refractivity contribution in [1.82, 2.24) is 0 Å². The Morgan fingerprint density at radius 1 is 1.04 bits per heavy atom. The van der Waals surface area contributed by atoms with E-state index in [9.17, 15) is 20.2 Å². The van der Waals surface area contributed by atoms with Crippen LogP contribution in [0, 0.1) is 30.9 Å². The molecule has 0 aromatic heterocycles. The molecule has 0 saturated heterocycles. The maximum absolute atomic E-state index is 11.1. The van der Waals surface area contributed by atoms with Crippen LogP contribution in [0.25, 0.3) is 0 Å². The third-order valence-corrected chi connectivity index (χ3v) is 3.41. The molecule has 0 aliphatic heterocycles. The van der Waals surface area contributed by atoms with E-state index in [1.807, 2.05) is 0 Å². The van der Waals surface area contributed by atoms with Crippen molar-refractivity contribution < 1.29 is 9.85 Å². The van der Waals surface area contributed by atoms with E-state index >= 15 is 0 Å². The van der Waals surface area contributed by atoms with E-state index in [0.717, 1.165) is 12.1 Å². The number of thiocyanates is 1. The van der Waals surface area contributed by atoms with E-state index in [2.05, 4.69) is 10.2 Å². The Morgan fingerprint density at radius 3 is 2.21 bits per heavy atom. The highest BCUT2D eigenvalue weighted by Gasteiger charge is 2.25. The van der Waals surface area contributed by atoms with E-state index < -0.39 is 21.2 Å². The van der Waals surface area contributed by atoms with Crippen LogP contribution in [0.5, 0.6) is 0 Å². The number of hydrogen-bond donors (Lipinski definition) is 1. The normalized spacial score (nSPS) is 10.5. The zero-order valence-electron chi connectivity index (χ0n) is 11.8. The van der Waals surface area contributed by atoms with Crippen LogP contribution in [0.2, 0.25) is 0 Å². The average Bonchev–Trinajstić information content (AvgIpc) is 2.54. The van der Waals surface area contributed by atoms with Crippen molar-refractivity contribution in [3.63, 3.8) is 0 Å². The lowest BCUT2D eigenvalue weighted by molar-refractivity contribution is -0.395. The fourth-order valence-electron chi connectivity index (χ4n) is 1.70. The highest BCUT2D eigenvalue weighted by Crippen LogP contribution is 2.39. The second-order valence-electron chi connectivity index (χ2n) is 4.31. The quantitative estimate of drug-likeness (QED) is 0.213. The highest BCUT2D eigenvalue weighted by atomic mass is 32.2. The molecule has 2 aromatic carbocycles. The smallest absolute Gasteiger partial charge is 0.303 e. The van der Waals surface area contributed by atoms with Gasteiger partial charge in [-0.2, -0.15) is 10.4 Å². The van der Waals surface area contributed by atoms with E-state index in [1.54, 1.807) is 29.7 Å². The first-order valence-electron chi connectivity index (χ1n) is 6.22. The molecule has 0 spiro atoms. The van der Waals surface area contributed by atoms with Crippen LogP contribution in [0.15, 0.2) is 51.5 Å². The van der Waals surface area contributed by atoms with E-state index in [4.69, 9.17) is 11.0 Å². The molecule has 0 heterocycles. The topological polar surface area (TPSA) is 161 Å². The van der Waals surface area contributed by atoms with E-state index in [-0.39, 0.29) is 10.6 Å². The summed E-state index contributed by atoms with van der Waals surface area (Å²) in [7, 11) is 0. The Hall–Kier alpha value is -3.52. The molecule has 0 fully saturated rings. The highest BCUT2D eigenvalue weighted by molar-refractivity contribution is 8.03. The first kappa shape index (κ1) is 16.8. The summed E-state index contributed by atoms with van der Waals surface area (Å²) in [6.45, 7) is 0. The van der Waals surface area contributed by atoms with Gasteiger partial charge in [-0.15, -0.1) is 5.11 Å². The molecule has 11 heteroatoms. The van der Waals surface area contributed by atoms with Crippen molar-refractivity contribution in [1.29, 1.82) is 5.26 Å². The van der Waals surface area contributed by atoms with Gasteiger partial charge in [0.05, 0.1) is 21.6 Å². The lowest BCUT2D eigenvalue weighted by atomic mass is 10.2. The molecule has 120 valence electrons. The zero-order valence-corrected chi connectivity index (χ0v) is 12.6. The van der Waals surface area contributed by atoms with Gasteiger partial charge in [0.15, 0.2) is 5.69 Å². The maximum Gasteiger partial charge on any atom is 0.303 e. The van der Waals surface area contributed by atoms with Crippen LogP contribution < -0.4 is 5.73 Å². The predicted molar refractivity (Wildman–Crippen MR) is 86.3 cm³/mol. The lowest BCUT2D eigenvalue weighted by Gasteiger charge is -2.01. The molecule has 2 aromatic rings. The Morgan fingerprint density at radius 2 is 1.67 bits per heavy atom. The van der Waals surface area contributed by atoms with Crippen LogP contribution in [0.1, 0.15) is 0 Å². The first-order chi connectivity index (χ1) is 11.4. The molecule has 0 radical (unpaired) electrons. The van der Waals surface area contributed by atoms with Crippen LogP contribution in [0.3, 0.4) is 0 Å². The van der Waals surface area contributed by atoms with Gasteiger partial charge >= 0.3 is 5.69 Å². The molecule has 2 N–H and O–H groups in total. The molecule has 0 saturated carbocycles. The minimum Gasteiger partial charge on any atom is -0.399 e. The van der Waals surface area contributed by atoms with Crippen molar-refractivity contribution in [2.24, 2.45) is 10.2 Å². The van der Waals surface area contributed by atoms with Crippen molar-refractivity contribution in [3.05, 3.63) is 56.6 Å². The average molecular weight is 344 g/mol. The molecule has 2 rings (SSSR count). The summed E-state index contributed by atoms with van der Waals surface area (Å²) in [5.41, 5.74) is 5.13. The lowest BCUT2D eigenvalue weighted by Crippen LogP contribution is -1.95. The zero-order chi connectivity index (χ0) is 17.7. The Kier molecular flexibility index (Phi) is 5.03. The van der Waals surface area contributed by atoms with Gasteiger partial charge in [-0.3, -0.25) is 20.2 Å². The molecule has 24 heavy (non-hydrogen) atoms. The summed E-state index contributed by atoms with van der Waals surface area (Å²) in [6, 6.07) is 8.12. The van der Waals surface area contributed by atoms with Gasteiger partial charge in [-0.25, -0.2) is 0 Å². The number of benzene rings is 2. The number of hydrogen-bond acceptors (Lipinski definition) is 9. The summed E-state index contributed by atoms with van der Waals surface area (Å²) in [4.78, 5) is 20.4. The van der Waals surface area contributed by atoms with Gasteiger partial charge in [0, 0.05) is 5.69 Å². The fraction of sp³-hybridized carbons (Fsp3) is 0. The largest absolute Gasteiger partial charge is 0.399 e. The summed E-state index contributed by atoms with van der Waals surface area (Å²) < 4.78 is 0. The van der Waals surface area contributed by atoms with Crippen molar-refractivity contribution in [3.8, 4) is 5.40 Å². The van der Waals surface area contributed by atoms with Gasteiger partial charge in [-0.1, -0.05) is 0 Å². The van der Waals surface area contributed by atoms with Gasteiger partial charge < -0.3 is 5.73 Å². The number of nitriles is 1. The SMILES string of the molecule is N#CSc1cc(N=Nc2ccc(N)cc2)c([N+](=O)[O-])cc1[N+](=O)[O-]. The standard InChI is InChI=1S/C13H8N6O4S/c14-7-24-13-5-10(11(18(20)21)6-12(13)19(22)23)17-16-9-3-1-8(15)2-4-9/h1-6H,15H2. The maximum atomic E-state index is 11.1. The monoisotopic (exact) mass is 344 g/mol. The summed E-state index contributed by atoms with van der Waals surface area (Å²) >= 11 is 0.512. The molecular weight excluding hydrogens is 336 g/mol. The number of nitrogen functional groups attached to an aromatic ring is 1. The predicted octanol–water partition coefficient (Wildman–Crippen LogP) is 4.07. The molecule has 0 bridgehead atoms. The minimum absolute atomic E-state index is 0.0562. The second kappa shape index (κ2) is 7.16.